The van der Waals surface area contributed by atoms with Crippen LogP contribution in [0.5, 0.6) is 11.8 Å². The molecule has 6 nitrogen and oxygen atoms in total. The van der Waals surface area contributed by atoms with E-state index in [1.165, 1.54) is 0 Å². The molecule has 2 rings (SSSR count). The molecule has 1 heterocycles. The maximum atomic E-state index is 5.80. The maximum Gasteiger partial charge on any atom is 0.328 e. The first kappa shape index (κ1) is 14.0. The number of anilines is 2. The van der Waals surface area contributed by atoms with E-state index in [1.54, 1.807) is 11.9 Å². The number of benzene rings is 1. The summed E-state index contributed by atoms with van der Waals surface area (Å²) in [5, 5.41) is 2.91. The van der Waals surface area contributed by atoms with E-state index in [9.17, 15) is 0 Å². The lowest BCUT2D eigenvalue weighted by Gasteiger charge is -2.13. The Morgan fingerprint density at radius 1 is 1.15 bits per heavy atom. The summed E-state index contributed by atoms with van der Waals surface area (Å²) < 4.78 is 5.80. The molecule has 0 aliphatic rings. The van der Waals surface area contributed by atoms with Crippen LogP contribution in [0.3, 0.4) is 0 Å². The highest BCUT2D eigenvalue weighted by atomic mass is 16.5. The van der Waals surface area contributed by atoms with Gasteiger partial charge >= 0.3 is 6.01 Å². The smallest absolute Gasteiger partial charge is 0.328 e. The summed E-state index contributed by atoms with van der Waals surface area (Å²) in [4.78, 5) is 14.6. The van der Waals surface area contributed by atoms with Crippen molar-refractivity contribution in [3.8, 4) is 11.8 Å². The van der Waals surface area contributed by atoms with Crippen molar-refractivity contribution in [2.45, 2.75) is 13.3 Å². The zero-order chi connectivity index (χ0) is 14.5. The lowest BCUT2D eigenvalue weighted by atomic mass is 10.1. The minimum atomic E-state index is 0.286. The fraction of sp³-hybridized carbons (Fsp3) is 0.357. The van der Waals surface area contributed by atoms with Gasteiger partial charge < -0.3 is 15.0 Å². The molecule has 0 unspecified atom stereocenters. The Kier molecular flexibility index (Phi) is 4.34. The van der Waals surface area contributed by atoms with Crippen molar-refractivity contribution in [2.24, 2.45) is 0 Å². The van der Waals surface area contributed by atoms with Crippen LogP contribution in [0.4, 0.5) is 11.9 Å². The van der Waals surface area contributed by atoms with E-state index < -0.39 is 0 Å². The van der Waals surface area contributed by atoms with Gasteiger partial charge in [-0.25, -0.2) is 0 Å². The molecule has 6 heteroatoms. The molecule has 0 atom stereocenters. The van der Waals surface area contributed by atoms with Gasteiger partial charge in [-0.05, 0) is 18.1 Å². The standard InChI is InChI=1S/C14H19N5O/c1-5-10-8-6-7-9-11(10)20-14-17-12(15-2)16-13(18-14)19(3)4/h6-9H,5H2,1-4H3,(H,15,16,17,18). The Labute approximate surface area is 118 Å². The number of aryl methyl sites for hydroxylation is 1. The molecule has 0 aliphatic carbocycles. The summed E-state index contributed by atoms with van der Waals surface area (Å²) in [5.74, 6) is 1.80. The molecule has 0 amide bonds. The minimum Gasteiger partial charge on any atom is -0.424 e. The quantitative estimate of drug-likeness (QED) is 0.902. The van der Waals surface area contributed by atoms with Gasteiger partial charge in [0.15, 0.2) is 0 Å². The molecule has 2 aromatic rings. The van der Waals surface area contributed by atoms with E-state index in [4.69, 9.17) is 4.74 Å². The molecule has 0 bridgehead atoms. The molecular formula is C14H19N5O. The van der Waals surface area contributed by atoms with Crippen LogP contribution in [0.1, 0.15) is 12.5 Å². The number of para-hydroxylation sites is 1. The van der Waals surface area contributed by atoms with Crippen LogP contribution >= 0.6 is 0 Å². The fourth-order valence-electron chi connectivity index (χ4n) is 1.70. The largest absolute Gasteiger partial charge is 0.424 e. The Hall–Kier alpha value is -2.37. The van der Waals surface area contributed by atoms with Crippen molar-refractivity contribution in [1.29, 1.82) is 0 Å². The zero-order valence-electron chi connectivity index (χ0n) is 12.2. The monoisotopic (exact) mass is 273 g/mol. The highest BCUT2D eigenvalue weighted by molar-refractivity contribution is 5.39. The molecule has 0 spiro atoms. The Morgan fingerprint density at radius 3 is 2.55 bits per heavy atom. The molecule has 20 heavy (non-hydrogen) atoms. The number of hydrogen-bond acceptors (Lipinski definition) is 6. The van der Waals surface area contributed by atoms with Crippen LogP contribution < -0.4 is 15.0 Å². The lowest BCUT2D eigenvalue weighted by molar-refractivity contribution is 0.436. The second kappa shape index (κ2) is 6.18. The highest BCUT2D eigenvalue weighted by Gasteiger charge is 2.10. The summed E-state index contributed by atoms with van der Waals surface area (Å²) in [6, 6.07) is 8.15. The van der Waals surface area contributed by atoms with Crippen LogP contribution in [0.2, 0.25) is 0 Å². The minimum absolute atomic E-state index is 0.286. The molecule has 0 saturated carbocycles. The molecule has 1 aromatic carbocycles. The molecule has 0 aliphatic heterocycles. The zero-order valence-corrected chi connectivity index (χ0v) is 12.2. The van der Waals surface area contributed by atoms with Gasteiger partial charge in [-0.1, -0.05) is 25.1 Å². The van der Waals surface area contributed by atoms with Crippen LogP contribution in [-0.4, -0.2) is 36.1 Å². The first-order valence-electron chi connectivity index (χ1n) is 6.51. The average molecular weight is 273 g/mol. The SMILES string of the molecule is CCc1ccccc1Oc1nc(NC)nc(N(C)C)n1. The predicted octanol–water partition coefficient (Wildman–Crippen LogP) is 2.33. The molecule has 106 valence electrons. The number of nitrogens with zero attached hydrogens (tertiary/aromatic N) is 4. The van der Waals surface area contributed by atoms with Crippen LogP contribution in [-0.2, 0) is 6.42 Å². The van der Waals surface area contributed by atoms with E-state index in [-0.39, 0.29) is 6.01 Å². The van der Waals surface area contributed by atoms with Gasteiger partial charge in [-0.15, -0.1) is 0 Å². The fourth-order valence-corrected chi connectivity index (χ4v) is 1.70. The van der Waals surface area contributed by atoms with Gasteiger partial charge in [0.05, 0.1) is 0 Å². The van der Waals surface area contributed by atoms with Crippen molar-refractivity contribution >= 4 is 11.9 Å². The highest BCUT2D eigenvalue weighted by Crippen LogP contribution is 2.24. The summed E-state index contributed by atoms with van der Waals surface area (Å²) in [6.07, 6.45) is 0.890. The Morgan fingerprint density at radius 2 is 1.90 bits per heavy atom. The van der Waals surface area contributed by atoms with E-state index in [0.717, 1.165) is 17.7 Å². The van der Waals surface area contributed by atoms with E-state index in [0.29, 0.717) is 11.9 Å². The molecule has 0 fully saturated rings. The third-order valence-corrected chi connectivity index (χ3v) is 2.78. The number of hydrogen-bond donors (Lipinski definition) is 1. The van der Waals surface area contributed by atoms with Crippen molar-refractivity contribution in [3.63, 3.8) is 0 Å². The number of aromatic nitrogens is 3. The van der Waals surface area contributed by atoms with Gasteiger partial charge in [-0.3, -0.25) is 0 Å². The average Bonchev–Trinajstić information content (AvgIpc) is 2.47. The van der Waals surface area contributed by atoms with Crippen molar-refractivity contribution in [1.82, 2.24) is 15.0 Å². The molecular weight excluding hydrogens is 254 g/mol. The van der Waals surface area contributed by atoms with E-state index >= 15 is 0 Å². The summed E-state index contributed by atoms with van der Waals surface area (Å²) in [6.45, 7) is 2.08. The molecule has 1 N–H and O–H groups in total. The summed E-state index contributed by atoms with van der Waals surface area (Å²) in [7, 11) is 5.51. The third kappa shape index (κ3) is 3.14. The van der Waals surface area contributed by atoms with Gasteiger partial charge in [0.25, 0.3) is 0 Å². The van der Waals surface area contributed by atoms with Gasteiger partial charge in [0.2, 0.25) is 11.9 Å². The lowest BCUT2D eigenvalue weighted by Crippen LogP contribution is -2.15. The van der Waals surface area contributed by atoms with Gasteiger partial charge in [-0.2, -0.15) is 15.0 Å². The van der Waals surface area contributed by atoms with E-state index in [2.05, 4.69) is 27.2 Å². The van der Waals surface area contributed by atoms with Crippen LogP contribution in [0.25, 0.3) is 0 Å². The second-order valence-corrected chi connectivity index (χ2v) is 4.45. The van der Waals surface area contributed by atoms with Crippen molar-refractivity contribution in [2.75, 3.05) is 31.4 Å². The number of ether oxygens (including phenoxy) is 1. The number of nitrogens with one attached hydrogen (secondary N) is 1. The van der Waals surface area contributed by atoms with Crippen molar-refractivity contribution in [3.05, 3.63) is 29.8 Å². The number of rotatable bonds is 5. The summed E-state index contributed by atoms with van der Waals surface area (Å²) in [5.41, 5.74) is 1.12. The third-order valence-electron chi connectivity index (χ3n) is 2.78. The van der Waals surface area contributed by atoms with Crippen LogP contribution in [0.15, 0.2) is 24.3 Å². The Balaban J connectivity index is 2.35. The molecule has 1 aromatic heterocycles. The van der Waals surface area contributed by atoms with Crippen LogP contribution in [0, 0.1) is 0 Å². The predicted molar refractivity (Wildman–Crippen MR) is 79.6 cm³/mol. The molecule has 0 saturated heterocycles. The molecule has 0 radical (unpaired) electrons. The topological polar surface area (TPSA) is 63.2 Å². The normalized spacial score (nSPS) is 10.2. The Bertz CT molecular complexity index is 586. The van der Waals surface area contributed by atoms with Gasteiger partial charge in [0.1, 0.15) is 5.75 Å². The van der Waals surface area contributed by atoms with Crippen molar-refractivity contribution < 1.29 is 4.74 Å². The first-order chi connectivity index (χ1) is 9.63. The summed E-state index contributed by atoms with van der Waals surface area (Å²) >= 11 is 0. The first-order valence-corrected chi connectivity index (χ1v) is 6.51. The van der Waals surface area contributed by atoms with Gasteiger partial charge in [0, 0.05) is 21.1 Å². The second-order valence-electron chi connectivity index (χ2n) is 4.45. The maximum absolute atomic E-state index is 5.80. The van der Waals surface area contributed by atoms with E-state index in [1.807, 2.05) is 38.4 Å².